The van der Waals surface area contributed by atoms with Gasteiger partial charge in [-0.1, -0.05) is 13.8 Å². The number of hydrogen-bond donors (Lipinski definition) is 0. The smallest absolute Gasteiger partial charge is 0.0977 e. The zero-order chi connectivity index (χ0) is 7.40. The average molecular weight is 154 g/mol. The Kier molecular flexibility index (Phi) is 2.72. The minimum Gasteiger partial charge on any atom is -0.242 e. The predicted octanol–water partition coefficient (Wildman–Crippen LogP) is 2.28. The molecule has 0 bridgehead atoms. The molecule has 1 heterocycles. The van der Waals surface area contributed by atoms with Gasteiger partial charge in [0.2, 0.25) is 0 Å². The Hall–Kier alpha value is -0.530. The fourth-order valence-electron chi connectivity index (χ4n) is 0.666. The van der Waals surface area contributed by atoms with E-state index in [9.17, 15) is 0 Å². The van der Waals surface area contributed by atoms with Crippen LogP contribution in [0.2, 0.25) is 0 Å². The molecule has 0 atom stereocenters. The maximum absolute atomic E-state index is 4.12. The SMILES string of the molecule is CC(C)CC1=NC=C=NS1. The number of rotatable bonds is 2. The molecule has 1 rings (SSSR count). The molecule has 1 aliphatic heterocycles. The summed E-state index contributed by atoms with van der Waals surface area (Å²) in [6.07, 6.45) is 2.64. The molecule has 0 saturated heterocycles. The van der Waals surface area contributed by atoms with Gasteiger partial charge in [0, 0.05) is 24.2 Å². The van der Waals surface area contributed by atoms with Crippen LogP contribution < -0.4 is 0 Å². The molecule has 2 nitrogen and oxygen atoms in total. The standard InChI is InChI=1S/C7H10N2S/c1-6(2)5-7-8-3-4-9-10-7/h3,6H,5H2,1-2H3. The first-order valence-electron chi connectivity index (χ1n) is 3.30. The van der Waals surface area contributed by atoms with Crippen LogP contribution in [0.5, 0.6) is 0 Å². The Labute approximate surface area is 65.3 Å². The van der Waals surface area contributed by atoms with Crippen LogP contribution in [0.25, 0.3) is 0 Å². The zero-order valence-electron chi connectivity index (χ0n) is 6.16. The Morgan fingerprint density at radius 2 is 2.50 bits per heavy atom. The number of hydrogen-bond acceptors (Lipinski definition) is 3. The van der Waals surface area contributed by atoms with Crippen molar-refractivity contribution in [2.24, 2.45) is 15.3 Å². The van der Waals surface area contributed by atoms with E-state index in [1.54, 1.807) is 6.20 Å². The molecular formula is C7H10N2S. The third-order valence-corrected chi connectivity index (χ3v) is 1.73. The normalized spacial score (nSPS) is 16.1. The Morgan fingerprint density at radius 1 is 1.70 bits per heavy atom. The van der Waals surface area contributed by atoms with Gasteiger partial charge in [0.25, 0.3) is 0 Å². The highest BCUT2D eigenvalue weighted by Crippen LogP contribution is 2.15. The lowest BCUT2D eigenvalue weighted by atomic mass is 10.1. The van der Waals surface area contributed by atoms with E-state index in [0.717, 1.165) is 11.5 Å². The van der Waals surface area contributed by atoms with Gasteiger partial charge in [-0.2, -0.15) is 4.40 Å². The fraction of sp³-hybridized carbons (Fsp3) is 0.571. The second-order valence-electron chi connectivity index (χ2n) is 2.56. The molecule has 0 aromatic carbocycles. The molecule has 0 N–H and O–H groups in total. The first kappa shape index (κ1) is 7.58. The summed E-state index contributed by atoms with van der Waals surface area (Å²) in [5, 5.41) is 1.09. The van der Waals surface area contributed by atoms with Crippen LogP contribution in [0.1, 0.15) is 20.3 Å². The van der Waals surface area contributed by atoms with Crippen molar-refractivity contribution in [3.8, 4) is 0 Å². The molecule has 0 saturated carbocycles. The van der Waals surface area contributed by atoms with Crippen molar-refractivity contribution in [1.29, 1.82) is 0 Å². The van der Waals surface area contributed by atoms with E-state index in [4.69, 9.17) is 0 Å². The highest BCUT2D eigenvalue weighted by Gasteiger charge is 2.03. The van der Waals surface area contributed by atoms with Crippen molar-refractivity contribution in [2.45, 2.75) is 20.3 Å². The van der Waals surface area contributed by atoms with Gasteiger partial charge in [0.05, 0.1) is 11.2 Å². The third kappa shape index (κ3) is 2.38. The maximum atomic E-state index is 4.12. The van der Waals surface area contributed by atoms with Crippen LogP contribution in [-0.4, -0.2) is 10.9 Å². The summed E-state index contributed by atoms with van der Waals surface area (Å²) >= 11 is 1.42. The lowest BCUT2D eigenvalue weighted by molar-refractivity contribution is 0.688. The minimum atomic E-state index is 0.660. The van der Waals surface area contributed by atoms with E-state index in [2.05, 4.69) is 29.1 Å². The monoisotopic (exact) mass is 154 g/mol. The van der Waals surface area contributed by atoms with Crippen LogP contribution in [0.15, 0.2) is 15.6 Å². The predicted molar refractivity (Wildman–Crippen MR) is 46.5 cm³/mol. The van der Waals surface area contributed by atoms with Crippen molar-refractivity contribution in [1.82, 2.24) is 0 Å². The summed E-state index contributed by atoms with van der Waals surface area (Å²) in [6, 6.07) is 0. The first-order chi connectivity index (χ1) is 4.79. The molecule has 0 amide bonds. The third-order valence-electron chi connectivity index (χ3n) is 1.05. The summed E-state index contributed by atoms with van der Waals surface area (Å²) in [4.78, 5) is 4.12. The Bertz CT molecular complexity index is 200. The van der Waals surface area contributed by atoms with Gasteiger partial charge in [-0.25, -0.2) is 4.99 Å². The molecule has 10 heavy (non-hydrogen) atoms. The zero-order valence-corrected chi connectivity index (χ0v) is 6.98. The fourth-order valence-corrected chi connectivity index (χ4v) is 1.38. The summed E-state index contributed by atoms with van der Waals surface area (Å²) in [5.74, 6) is 3.32. The molecule has 0 aliphatic carbocycles. The van der Waals surface area contributed by atoms with Gasteiger partial charge in [0.1, 0.15) is 0 Å². The van der Waals surface area contributed by atoms with E-state index < -0.39 is 0 Å². The lowest BCUT2D eigenvalue weighted by Gasteiger charge is -2.04. The number of nitrogens with zero attached hydrogens (tertiary/aromatic N) is 2. The van der Waals surface area contributed by atoms with Crippen molar-refractivity contribution in [3.05, 3.63) is 6.20 Å². The van der Waals surface area contributed by atoms with Gasteiger partial charge in [0.15, 0.2) is 0 Å². The van der Waals surface area contributed by atoms with Crippen LogP contribution in [-0.2, 0) is 0 Å². The van der Waals surface area contributed by atoms with Gasteiger partial charge in [-0.05, 0) is 5.92 Å². The van der Waals surface area contributed by atoms with Crippen molar-refractivity contribution >= 4 is 22.9 Å². The molecule has 0 aromatic heterocycles. The van der Waals surface area contributed by atoms with E-state index in [-0.39, 0.29) is 0 Å². The quantitative estimate of drug-likeness (QED) is 0.560. The molecule has 0 spiro atoms. The summed E-state index contributed by atoms with van der Waals surface area (Å²) in [5.41, 5.74) is 0. The average Bonchev–Trinajstić information content (AvgIpc) is 1.88. The summed E-state index contributed by atoms with van der Waals surface area (Å²) in [7, 11) is 0. The topological polar surface area (TPSA) is 24.7 Å². The molecular weight excluding hydrogens is 144 g/mol. The largest absolute Gasteiger partial charge is 0.242 e. The highest BCUT2D eigenvalue weighted by atomic mass is 32.2. The minimum absolute atomic E-state index is 0.660. The van der Waals surface area contributed by atoms with E-state index in [1.165, 1.54) is 11.9 Å². The molecule has 0 aromatic rings. The van der Waals surface area contributed by atoms with Crippen LogP contribution in [0.4, 0.5) is 0 Å². The van der Waals surface area contributed by atoms with E-state index in [1.807, 2.05) is 0 Å². The van der Waals surface area contributed by atoms with Gasteiger partial charge >= 0.3 is 0 Å². The van der Waals surface area contributed by atoms with Crippen molar-refractivity contribution in [3.63, 3.8) is 0 Å². The summed E-state index contributed by atoms with van der Waals surface area (Å²) in [6.45, 7) is 4.34. The first-order valence-corrected chi connectivity index (χ1v) is 4.07. The Morgan fingerprint density at radius 3 is 3.00 bits per heavy atom. The second kappa shape index (κ2) is 3.59. The van der Waals surface area contributed by atoms with Crippen molar-refractivity contribution < 1.29 is 0 Å². The second-order valence-corrected chi connectivity index (χ2v) is 3.40. The van der Waals surface area contributed by atoms with E-state index >= 15 is 0 Å². The van der Waals surface area contributed by atoms with Crippen LogP contribution >= 0.6 is 11.9 Å². The van der Waals surface area contributed by atoms with Crippen molar-refractivity contribution in [2.75, 3.05) is 0 Å². The molecule has 0 radical (unpaired) electrons. The van der Waals surface area contributed by atoms with Gasteiger partial charge < -0.3 is 0 Å². The van der Waals surface area contributed by atoms with Gasteiger partial charge in [-0.3, -0.25) is 0 Å². The lowest BCUT2D eigenvalue weighted by Crippen LogP contribution is -1.98. The maximum Gasteiger partial charge on any atom is 0.0977 e. The Balaban J connectivity index is 2.45. The van der Waals surface area contributed by atoms with Crippen LogP contribution in [0.3, 0.4) is 0 Å². The molecule has 0 fully saturated rings. The molecule has 0 unspecified atom stereocenters. The van der Waals surface area contributed by atoms with E-state index in [0.29, 0.717) is 5.92 Å². The van der Waals surface area contributed by atoms with Gasteiger partial charge in [-0.15, -0.1) is 0 Å². The molecule has 3 heteroatoms. The molecule has 54 valence electrons. The van der Waals surface area contributed by atoms with Crippen LogP contribution in [0, 0.1) is 5.92 Å². The molecule has 1 aliphatic rings. The highest BCUT2D eigenvalue weighted by molar-refractivity contribution is 8.12. The summed E-state index contributed by atoms with van der Waals surface area (Å²) < 4.78 is 3.89. The number of aliphatic imine (C=N–C) groups is 1.